The van der Waals surface area contributed by atoms with E-state index in [2.05, 4.69) is 31.2 Å². The number of thioether (sulfide) groups is 1. The van der Waals surface area contributed by atoms with Gasteiger partial charge in [-0.1, -0.05) is 0 Å². The molecule has 0 spiro atoms. The van der Waals surface area contributed by atoms with Gasteiger partial charge in [0.25, 0.3) is 0 Å². The Kier molecular flexibility index (Phi) is 3.12. The average Bonchev–Trinajstić information content (AvgIpc) is 2.54. The van der Waals surface area contributed by atoms with E-state index in [0.29, 0.717) is 17.8 Å². The summed E-state index contributed by atoms with van der Waals surface area (Å²) in [5.74, 6) is 3.43. The normalized spacial score (nSPS) is 21.1. The highest BCUT2D eigenvalue weighted by molar-refractivity contribution is 9.10. The first-order valence-corrected chi connectivity index (χ1v) is 6.33. The van der Waals surface area contributed by atoms with Crippen LogP contribution in [0.1, 0.15) is 6.42 Å². The van der Waals surface area contributed by atoms with Gasteiger partial charge in [0.15, 0.2) is 0 Å². The average molecular weight is 275 g/mol. The van der Waals surface area contributed by atoms with Crippen LogP contribution in [0.4, 0.5) is 11.8 Å². The van der Waals surface area contributed by atoms with Gasteiger partial charge in [0.05, 0.1) is 0 Å². The van der Waals surface area contributed by atoms with E-state index in [1.54, 1.807) is 6.07 Å². The van der Waals surface area contributed by atoms with E-state index in [1.165, 1.54) is 12.2 Å². The summed E-state index contributed by atoms with van der Waals surface area (Å²) >= 11 is 5.23. The van der Waals surface area contributed by atoms with Gasteiger partial charge in [-0.25, -0.2) is 4.98 Å². The first-order valence-electron chi connectivity index (χ1n) is 4.38. The molecule has 4 nitrogen and oxygen atoms in total. The van der Waals surface area contributed by atoms with Gasteiger partial charge in [0, 0.05) is 17.9 Å². The van der Waals surface area contributed by atoms with Crippen LogP contribution in [0.15, 0.2) is 10.7 Å². The lowest BCUT2D eigenvalue weighted by atomic mass is 10.3. The van der Waals surface area contributed by atoms with E-state index in [0.717, 1.165) is 10.4 Å². The van der Waals surface area contributed by atoms with Gasteiger partial charge < -0.3 is 11.1 Å². The van der Waals surface area contributed by atoms with Crippen LogP contribution in [0, 0.1) is 0 Å². The molecule has 1 aromatic rings. The molecule has 0 bridgehead atoms. The van der Waals surface area contributed by atoms with E-state index in [4.69, 9.17) is 5.73 Å². The number of hydrogen-bond donors (Lipinski definition) is 2. The topological polar surface area (TPSA) is 63.8 Å². The van der Waals surface area contributed by atoms with Gasteiger partial charge in [-0.15, -0.1) is 0 Å². The third-order valence-corrected chi connectivity index (χ3v) is 3.55. The van der Waals surface area contributed by atoms with Crippen molar-refractivity contribution in [2.24, 2.45) is 0 Å². The second-order valence-electron chi connectivity index (χ2n) is 3.14. The fraction of sp³-hybridized carbons (Fsp3) is 0.500. The maximum atomic E-state index is 5.61. The Morgan fingerprint density at radius 1 is 1.57 bits per heavy atom. The number of halogens is 1. The Labute approximate surface area is 95.2 Å². The fourth-order valence-corrected chi connectivity index (χ4v) is 2.89. The van der Waals surface area contributed by atoms with Crippen molar-refractivity contribution in [1.82, 2.24) is 9.97 Å². The molecule has 3 N–H and O–H groups in total. The Morgan fingerprint density at radius 3 is 3.07 bits per heavy atom. The Balaban J connectivity index is 2.07. The number of nitrogens with two attached hydrogens (primary N) is 1. The lowest BCUT2D eigenvalue weighted by molar-refractivity contribution is 0.798. The molecule has 0 aliphatic carbocycles. The number of nitrogen functional groups attached to an aromatic ring is 1. The molecule has 14 heavy (non-hydrogen) atoms. The highest BCUT2D eigenvalue weighted by atomic mass is 79.9. The van der Waals surface area contributed by atoms with Gasteiger partial charge >= 0.3 is 0 Å². The van der Waals surface area contributed by atoms with E-state index in [-0.39, 0.29) is 0 Å². The zero-order valence-corrected chi connectivity index (χ0v) is 9.94. The van der Waals surface area contributed by atoms with Crippen LogP contribution in [0.2, 0.25) is 0 Å². The van der Waals surface area contributed by atoms with Crippen molar-refractivity contribution in [3.8, 4) is 0 Å². The molecule has 6 heteroatoms. The number of nitrogens with one attached hydrogen (secondary N) is 1. The molecule has 1 saturated heterocycles. The van der Waals surface area contributed by atoms with E-state index >= 15 is 0 Å². The Hall–Kier alpha value is -0.490. The van der Waals surface area contributed by atoms with Crippen LogP contribution >= 0.6 is 27.7 Å². The minimum absolute atomic E-state index is 0.480. The molecule has 0 saturated carbocycles. The third-order valence-electron chi connectivity index (χ3n) is 1.98. The summed E-state index contributed by atoms with van der Waals surface area (Å²) < 4.78 is 0.721. The van der Waals surface area contributed by atoms with Gasteiger partial charge in [0.1, 0.15) is 10.4 Å². The molecule has 2 rings (SSSR count). The molecule has 1 fully saturated rings. The zero-order chi connectivity index (χ0) is 9.97. The second-order valence-corrected chi connectivity index (χ2v) is 5.11. The summed E-state index contributed by atoms with van der Waals surface area (Å²) in [6, 6.07) is 2.17. The van der Waals surface area contributed by atoms with Crippen LogP contribution in [0.5, 0.6) is 0 Å². The smallest absolute Gasteiger partial charge is 0.225 e. The van der Waals surface area contributed by atoms with Gasteiger partial charge in [-0.2, -0.15) is 16.7 Å². The van der Waals surface area contributed by atoms with Crippen LogP contribution in [-0.2, 0) is 0 Å². The number of anilines is 2. The van der Waals surface area contributed by atoms with Crippen molar-refractivity contribution >= 4 is 39.5 Å². The molecule has 1 unspecified atom stereocenters. The molecule has 0 radical (unpaired) electrons. The molecule has 1 atom stereocenters. The summed E-state index contributed by atoms with van der Waals surface area (Å²) in [5.41, 5.74) is 5.61. The molecular formula is C8H11BrN4S. The Bertz CT molecular complexity index is 307. The van der Waals surface area contributed by atoms with Crippen LogP contribution in [-0.4, -0.2) is 27.5 Å². The molecule has 1 aromatic heterocycles. The van der Waals surface area contributed by atoms with Crippen LogP contribution in [0.25, 0.3) is 0 Å². The Morgan fingerprint density at radius 2 is 2.43 bits per heavy atom. The van der Waals surface area contributed by atoms with E-state index in [9.17, 15) is 0 Å². The molecular weight excluding hydrogens is 264 g/mol. The van der Waals surface area contributed by atoms with Gasteiger partial charge in [-0.05, 0) is 28.1 Å². The monoisotopic (exact) mass is 274 g/mol. The van der Waals surface area contributed by atoms with Crippen molar-refractivity contribution < 1.29 is 0 Å². The highest BCUT2D eigenvalue weighted by Crippen LogP contribution is 2.21. The summed E-state index contributed by atoms with van der Waals surface area (Å²) in [6.07, 6.45) is 1.17. The first kappa shape index (κ1) is 10.0. The van der Waals surface area contributed by atoms with Crippen LogP contribution in [0.3, 0.4) is 0 Å². The standard InChI is InChI=1S/C8H11BrN4S/c9-6-3-7(10)13-8(12-6)11-5-1-2-14-4-5/h3,5H,1-2,4H2,(H3,10,11,12,13). The maximum absolute atomic E-state index is 5.61. The zero-order valence-electron chi connectivity index (χ0n) is 7.53. The molecule has 76 valence electrons. The van der Waals surface area contributed by atoms with E-state index < -0.39 is 0 Å². The SMILES string of the molecule is Nc1cc(Br)nc(NC2CCSC2)n1. The molecule has 1 aliphatic heterocycles. The summed E-state index contributed by atoms with van der Waals surface area (Å²) in [7, 11) is 0. The minimum Gasteiger partial charge on any atom is -0.383 e. The van der Waals surface area contributed by atoms with Crippen molar-refractivity contribution in [3.05, 3.63) is 10.7 Å². The largest absolute Gasteiger partial charge is 0.383 e. The van der Waals surface area contributed by atoms with Crippen molar-refractivity contribution in [2.75, 3.05) is 22.6 Å². The third kappa shape index (κ3) is 2.51. The first-order chi connectivity index (χ1) is 6.74. The highest BCUT2D eigenvalue weighted by Gasteiger charge is 2.16. The fourth-order valence-electron chi connectivity index (χ4n) is 1.33. The molecule has 0 amide bonds. The number of aromatic nitrogens is 2. The lowest BCUT2D eigenvalue weighted by Crippen LogP contribution is -2.20. The maximum Gasteiger partial charge on any atom is 0.225 e. The van der Waals surface area contributed by atoms with Crippen molar-refractivity contribution in [2.45, 2.75) is 12.5 Å². The summed E-state index contributed by atoms with van der Waals surface area (Å²) in [4.78, 5) is 8.32. The predicted molar refractivity (Wildman–Crippen MR) is 63.5 cm³/mol. The lowest BCUT2D eigenvalue weighted by Gasteiger charge is -2.11. The molecule has 1 aliphatic rings. The number of hydrogen-bond acceptors (Lipinski definition) is 5. The number of nitrogens with zero attached hydrogens (tertiary/aromatic N) is 2. The van der Waals surface area contributed by atoms with Gasteiger partial charge in [-0.3, -0.25) is 0 Å². The van der Waals surface area contributed by atoms with Crippen molar-refractivity contribution in [3.63, 3.8) is 0 Å². The van der Waals surface area contributed by atoms with E-state index in [1.807, 2.05) is 11.8 Å². The minimum atomic E-state index is 0.480. The van der Waals surface area contributed by atoms with Crippen molar-refractivity contribution in [1.29, 1.82) is 0 Å². The number of rotatable bonds is 2. The summed E-state index contributed by atoms with van der Waals surface area (Å²) in [6.45, 7) is 0. The summed E-state index contributed by atoms with van der Waals surface area (Å²) in [5, 5.41) is 3.27. The predicted octanol–water partition coefficient (Wildman–Crippen LogP) is 1.74. The van der Waals surface area contributed by atoms with Gasteiger partial charge in [0.2, 0.25) is 5.95 Å². The second kappa shape index (κ2) is 4.35. The molecule has 0 aromatic carbocycles. The van der Waals surface area contributed by atoms with Crippen LogP contribution < -0.4 is 11.1 Å². The molecule has 2 heterocycles. The quantitative estimate of drug-likeness (QED) is 0.805.